The summed E-state index contributed by atoms with van der Waals surface area (Å²) in [6.07, 6.45) is -0.482. The number of carbonyl (C=O) groups excluding carboxylic acids is 1. The highest BCUT2D eigenvalue weighted by molar-refractivity contribution is 5.93. The predicted molar refractivity (Wildman–Crippen MR) is 90.0 cm³/mol. The van der Waals surface area contributed by atoms with Crippen molar-refractivity contribution in [2.45, 2.75) is 26.9 Å². The molecule has 0 aromatic heterocycles. The minimum Gasteiger partial charge on any atom is -0.497 e. The lowest BCUT2D eigenvalue weighted by Crippen LogP contribution is -2.23. The molecular weight excluding hydrogens is 294 g/mol. The summed E-state index contributed by atoms with van der Waals surface area (Å²) in [6.45, 7) is 8.49. The fourth-order valence-electron chi connectivity index (χ4n) is 1.97. The highest BCUT2D eigenvalue weighted by Gasteiger charge is 2.16. The molecule has 0 N–H and O–H groups in total. The Morgan fingerprint density at radius 2 is 1.91 bits per heavy atom. The van der Waals surface area contributed by atoms with Crippen molar-refractivity contribution in [3.8, 4) is 23.3 Å². The molecule has 1 rings (SSSR count). The molecule has 126 valence electrons. The van der Waals surface area contributed by atoms with Crippen molar-refractivity contribution in [2.75, 3.05) is 33.9 Å². The predicted octanol–water partition coefficient (Wildman–Crippen LogP) is 2.59. The third kappa shape index (κ3) is 5.84. The molecule has 23 heavy (non-hydrogen) atoms. The van der Waals surface area contributed by atoms with E-state index in [2.05, 4.69) is 30.6 Å². The Morgan fingerprint density at radius 1 is 1.22 bits per heavy atom. The maximum absolute atomic E-state index is 12.2. The molecular formula is C18H25NO4. The van der Waals surface area contributed by atoms with Crippen LogP contribution in [0.15, 0.2) is 18.2 Å². The second-order valence-electron chi connectivity index (χ2n) is 4.90. The number of hydrogen-bond acceptors (Lipinski definition) is 5. The van der Waals surface area contributed by atoms with Crippen LogP contribution in [0.4, 0.5) is 0 Å². The molecule has 1 aromatic rings. The lowest BCUT2D eigenvalue weighted by atomic mass is 10.2. The third-order valence-electron chi connectivity index (χ3n) is 3.41. The molecule has 0 aliphatic heterocycles. The standard InChI is InChI=1S/C18H25NO4/c1-6-19(7-2)12-8-9-14(3)23-18(20)16-11-10-15(21-4)13-17(16)22-5/h10-11,13-14H,6-7,12H2,1-5H3. The van der Waals surface area contributed by atoms with Gasteiger partial charge >= 0.3 is 5.97 Å². The topological polar surface area (TPSA) is 48.0 Å². The number of carbonyl (C=O) groups is 1. The van der Waals surface area contributed by atoms with Crippen molar-refractivity contribution >= 4 is 5.97 Å². The van der Waals surface area contributed by atoms with Crippen molar-refractivity contribution in [3.63, 3.8) is 0 Å². The third-order valence-corrected chi connectivity index (χ3v) is 3.41. The highest BCUT2D eigenvalue weighted by Crippen LogP contribution is 2.25. The Hall–Kier alpha value is -2.19. The van der Waals surface area contributed by atoms with E-state index in [0.29, 0.717) is 23.6 Å². The van der Waals surface area contributed by atoms with Crippen LogP contribution in [0.3, 0.4) is 0 Å². The van der Waals surface area contributed by atoms with Crippen molar-refractivity contribution in [1.82, 2.24) is 4.90 Å². The molecule has 0 bridgehead atoms. The molecule has 0 spiro atoms. The second-order valence-corrected chi connectivity index (χ2v) is 4.90. The van der Waals surface area contributed by atoms with Crippen molar-refractivity contribution in [2.24, 2.45) is 0 Å². The van der Waals surface area contributed by atoms with Crippen molar-refractivity contribution < 1.29 is 19.0 Å². The Kier molecular flexibility index (Phi) is 8.00. The molecule has 5 heteroatoms. The van der Waals surface area contributed by atoms with Crippen LogP contribution in [0.2, 0.25) is 0 Å². The second kappa shape index (κ2) is 9.75. The van der Waals surface area contributed by atoms with Crippen LogP contribution in [0.1, 0.15) is 31.1 Å². The Balaban J connectivity index is 2.70. The SMILES string of the molecule is CCN(CC)CC#CC(C)OC(=O)c1ccc(OC)cc1OC. The van der Waals surface area contributed by atoms with Crippen LogP contribution in [-0.2, 0) is 4.74 Å². The van der Waals surface area contributed by atoms with Gasteiger partial charge < -0.3 is 14.2 Å². The number of methoxy groups -OCH3 is 2. The number of ether oxygens (including phenoxy) is 3. The first-order valence-electron chi connectivity index (χ1n) is 7.69. The molecule has 0 saturated heterocycles. The summed E-state index contributed by atoms with van der Waals surface area (Å²) in [5.74, 6) is 6.55. The summed E-state index contributed by atoms with van der Waals surface area (Å²) in [5, 5.41) is 0. The van der Waals surface area contributed by atoms with E-state index >= 15 is 0 Å². The monoisotopic (exact) mass is 319 g/mol. The molecule has 0 radical (unpaired) electrons. The Labute approximate surface area is 138 Å². The number of rotatable bonds is 7. The zero-order chi connectivity index (χ0) is 17.2. The van der Waals surface area contributed by atoms with Crippen molar-refractivity contribution in [3.05, 3.63) is 23.8 Å². The number of esters is 1. The van der Waals surface area contributed by atoms with E-state index in [1.54, 1.807) is 32.2 Å². The smallest absolute Gasteiger partial charge is 0.343 e. The van der Waals surface area contributed by atoms with Gasteiger partial charge in [-0.05, 0) is 32.1 Å². The minimum atomic E-state index is -0.482. The van der Waals surface area contributed by atoms with Gasteiger partial charge in [0.05, 0.1) is 20.8 Å². The number of nitrogens with zero attached hydrogens (tertiary/aromatic N) is 1. The molecule has 0 amide bonds. The Bertz CT molecular complexity index is 570. The first-order chi connectivity index (χ1) is 11.0. The summed E-state index contributed by atoms with van der Waals surface area (Å²) in [4.78, 5) is 14.4. The summed E-state index contributed by atoms with van der Waals surface area (Å²) in [5.41, 5.74) is 0.352. The zero-order valence-electron chi connectivity index (χ0n) is 14.5. The maximum Gasteiger partial charge on any atom is 0.343 e. The van der Waals surface area contributed by atoms with Gasteiger partial charge in [0.2, 0.25) is 0 Å². The summed E-state index contributed by atoms with van der Waals surface area (Å²) in [6, 6.07) is 4.96. The van der Waals surface area contributed by atoms with E-state index in [0.717, 1.165) is 13.1 Å². The quantitative estimate of drug-likeness (QED) is 0.571. The van der Waals surface area contributed by atoms with Gasteiger partial charge in [-0.3, -0.25) is 4.90 Å². The lowest BCUT2D eigenvalue weighted by molar-refractivity contribution is 0.0435. The fraction of sp³-hybridized carbons (Fsp3) is 0.500. The van der Waals surface area contributed by atoms with Crippen LogP contribution in [0.25, 0.3) is 0 Å². The zero-order valence-corrected chi connectivity index (χ0v) is 14.5. The molecule has 0 saturated carbocycles. The van der Waals surface area contributed by atoms with Gasteiger partial charge in [0.15, 0.2) is 6.10 Å². The summed E-state index contributed by atoms with van der Waals surface area (Å²) in [7, 11) is 3.05. The normalized spacial score (nSPS) is 11.4. The molecule has 1 atom stereocenters. The molecule has 0 heterocycles. The molecule has 1 unspecified atom stereocenters. The van der Waals surface area contributed by atoms with Crippen LogP contribution in [0, 0.1) is 11.8 Å². The highest BCUT2D eigenvalue weighted by atomic mass is 16.5. The maximum atomic E-state index is 12.2. The summed E-state index contributed by atoms with van der Waals surface area (Å²) < 4.78 is 15.7. The summed E-state index contributed by atoms with van der Waals surface area (Å²) >= 11 is 0. The van der Waals surface area contributed by atoms with Gasteiger partial charge in [0.25, 0.3) is 0 Å². The average Bonchev–Trinajstić information content (AvgIpc) is 2.57. The van der Waals surface area contributed by atoms with E-state index in [1.165, 1.54) is 7.11 Å². The van der Waals surface area contributed by atoms with E-state index < -0.39 is 12.1 Å². The molecule has 1 aromatic carbocycles. The van der Waals surface area contributed by atoms with Gasteiger partial charge in [-0.15, -0.1) is 0 Å². The minimum absolute atomic E-state index is 0.352. The van der Waals surface area contributed by atoms with Gasteiger partial charge in [-0.1, -0.05) is 25.7 Å². The lowest BCUT2D eigenvalue weighted by Gasteiger charge is -2.14. The van der Waals surface area contributed by atoms with Crippen LogP contribution in [0.5, 0.6) is 11.5 Å². The van der Waals surface area contributed by atoms with E-state index in [1.807, 2.05) is 0 Å². The van der Waals surface area contributed by atoms with Crippen LogP contribution in [-0.4, -0.2) is 50.8 Å². The first kappa shape index (κ1) is 18.9. The molecule has 5 nitrogen and oxygen atoms in total. The van der Waals surface area contributed by atoms with Gasteiger partial charge in [0, 0.05) is 6.07 Å². The van der Waals surface area contributed by atoms with Crippen LogP contribution < -0.4 is 9.47 Å². The largest absolute Gasteiger partial charge is 0.497 e. The fourth-order valence-corrected chi connectivity index (χ4v) is 1.97. The van der Waals surface area contributed by atoms with Crippen LogP contribution >= 0.6 is 0 Å². The number of hydrogen-bond donors (Lipinski definition) is 0. The van der Waals surface area contributed by atoms with E-state index in [9.17, 15) is 4.79 Å². The van der Waals surface area contributed by atoms with Gasteiger partial charge in [-0.2, -0.15) is 0 Å². The van der Waals surface area contributed by atoms with E-state index in [-0.39, 0.29) is 0 Å². The molecule has 0 fully saturated rings. The molecule has 0 aliphatic carbocycles. The average molecular weight is 319 g/mol. The molecule has 0 aliphatic rings. The van der Waals surface area contributed by atoms with Gasteiger partial charge in [-0.25, -0.2) is 4.79 Å². The Morgan fingerprint density at radius 3 is 2.48 bits per heavy atom. The van der Waals surface area contributed by atoms with Crippen molar-refractivity contribution in [1.29, 1.82) is 0 Å². The van der Waals surface area contributed by atoms with Gasteiger partial charge in [0.1, 0.15) is 17.1 Å². The van der Waals surface area contributed by atoms with E-state index in [4.69, 9.17) is 14.2 Å². The number of benzene rings is 1. The first-order valence-corrected chi connectivity index (χ1v) is 7.69.